The van der Waals surface area contributed by atoms with Crippen LogP contribution in [-0.2, 0) is 0 Å². The number of hydrogen-bond donors (Lipinski definition) is 1. The summed E-state index contributed by atoms with van der Waals surface area (Å²) >= 11 is 0. The summed E-state index contributed by atoms with van der Waals surface area (Å²) < 4.78 is 0. The lowest BCUT2D eigenvalue weighted by atomic mass is 9.89. The normalized spacial score (nSPS) is 16.3. The maximum Gasteiger partial charge on any atom is 0.254 e. The summed E-state index contributed by atoms with van der Waals surface area (Å²) in [5.41, 5.74) is 4.07. The molecule has 152 valence electrons. The van der Waals surface area contributed by atoms with E-state index < -0.39 is 0 Å². The smallest absolute Gasteiger partial charge is 0.254 e. The summed E-state index contributed by atoms with van der Waals surface area (Å²) in [5, 5.41) is 9.92. The molecule has 1 aliphatic heterocycles. The van der Waals surface area contributed by atoms with Gasteiger partial charge in [-0.05, 0) is 48.6 Å². The molecule has 3 aromatic rings. The minimum Gasteiger partial charge on any atom is -0.508 e. The number of carbonyl (C=O) groups is 2. The first-order valence-corrected chi connectivity index (χ1v) is 10.3. The summed E-state index contributed by atoms with van der Waals surface area (Å²) in [4.78, 5) is 27.7. The van der Waals surface area contributed by atoms with Crippen molar-refractivity contribution in [2.24, 2.45) is 5.92 Å². The highest BCUT2D eigenvalue weighted by Crippen LogP contribution is 2.26. The van der Waals surface area contributed by atoms with Gasteiger partial charge in [0, 0.05) is 30.1 Å². The zero-order chi connectivity index (χ0) is 21.1. The Labute approximate surface area is 176 Å². The molecule has 1 amide bonds. The fourth-order valence-corrected chi connectivity index (χ4v) is 3.99. The number of rotatable bonds is 4. The molecule has 0 spiro atoms. The minimum absolute atomic E-state index is 0.0823. The first-order chi connectivity index (χ1) is 14.5. The second-order valence-corrected chi connectivity index (χ2v) is 7.90. The number of nitrogens with zero attached hydrogens (tertiary/aromatic N) is 1. The number of amides is 1. The fourth-order valence-electron chi connectivity index (χ4n) is 3.99. The Kier molecular flexibility index (Phi) is 5.66. The number of phenolic OH excluding ortho intramolecular Hbond substituents is 1. The van der Waals surface area contributed by atoms with Crippen molar-refractivity contribution in [1.29, 1.82) is 0 Å². The molecule has 1 aliphatic rings. The molecule has 4 nitrogen and oxygen atoms in total. The lowest BCUT2D eigenvalue weighted by molar-refractivity contribution is 0.0636. The molecular formula is C26H25NO3. The lowest BCUT2D eigenvalue weighted by Gasteiger charge is -2.32. The van der Waals surface area contributed by atoms with Crippen LogP contribution in [0.1, 0.15) is 39.1 Å². The van der Waals surface area contributed by atoms with Crippen LogP contribution in [0.15, 0.2) is 72.8 Å². The average molecular weight is 399 g/mol. The molecule has 1 fully saturated rings. The van der Waals surface area contributed by atoms with Crippen LogP contribution in [0.2, 0.25) is 0 Å². The van der Waals surface area contributed by atoms with Crippen molar-refractivity contribution in [3.05, 3.63) is 89.5 Å². The maximum absolute atomic E-state index is 13.1. The van der Waals surface area contributed by atoms with E-state index in [-0.39, 0.29) is 23.4 Å². The SMILES string of the molecule is Cc1ccc(C(=O)N2CCCC(C(=O)c3ccc(-c4ccccc4)cc3)C2)cc1O. The summed E-state index contributed by atoms with van der Waals surface area (Å²) in [6.07, 6.45) is 1.57. The molecule has 1 heterocycles. The van der Waals surface area contributed by atoms with Gasteiger partial charge in [0.25, 0.3) is 5.91 Å². The van der Waals surface area contributed by atoms with Gasteiger partial charge in [0.15, 0.2) is 5.78 Å². The van der Waals surface area contributed by atoms with Crippen molar-refractivity contribution >= 4 is 11.7 Å². The number of aromatic hydroxyl groups is 1. The predicted molar refractivity (Wildman–Crippen MR) is 118 cm³/mol. The van der Waals surface area contributed by atoms with Crippen molar-refractivity contribution < 1.29 is 14.7 Å². The molecule has 1 unspecified atom stereocenters. The topological polar surface area (TPSA) is 57.6 Å². The number of likely N-dealkylation sites (tertiary alicyclic amines) is 1. The number of Topliss-reactive ketones (excluding diaryl/α,β-unsaturated/α-hetero) is 1. The number of benzene rings is 3. The van der Waals surface area contributed by atoms with E-state index in [9.17, 15) is 14.7 Å². The molecule has 30 heavy (non-hydrogen) atoms. The second kappa shape index (κ2) is 8.54. The van der Waals surface area contributed by atoms with E-state index in [0.29, 0.717) is 24.2 Å². The summed E-state index contributed by atoms with van der Waals surface area (Å²) in [5.74, 6) is -0.144. The van der Waals surface area contributed by atoms with Gasteiger partial charge in [0.05, 0.1) is 0 Å². The fraction of sp³-hybridized carbons (Fsp3) is 0.231. The quantitative estimate of drug-likeness (QED) is 0.621. The number of ketones is 1. The minimum atomic E-state index is -0.204. The highest BCUT2D eigenvalue weighted by atomic mass is 16.3. The van der Waals surface area contributed by atoms with Gasteiger partial charge in [-0.25, -0.2) is 0 Å². The third kappa shape index (κ3) is 4.13. The number of hydrogen-bond acceptors (Lipinski definition) is 3. The van der Waals surface area contributed by atoms with Gasteiger partial charge >= 0.3 is 0 Å². The first kappa shape index (κ1) is 19.9. The molecule has 0 saturated carbocycles. The van der Waals surface area contributed by atoms with Gasteiger partial charge in [0.2, 0.25) is 0 Å². The third-order valence-electron chi connectivity index (χ3n) is 5.81. The average Bonchev–Trinajstić information content (AvgIpc) is 2.80. The Hall–Kier alpha value is -3.40. The van der Waals surface area contributed by atoms with Crippen LogP contribution in [0.4, 0.5) is 0 Å². The van der Waals surface area contributed by atoms with Crippen molar-refractivity contribution in [2.75, 3.05) is 13.1 Å². The van der Waals surface area contributed by atoms with Gasteiger partial charge in [-0.3, -0.25) is 9.59 Å². The molecule has 1 atom stereocenters. The Bertz CT molecular complexity index is 1060. The van der Waals surface area contributed by atoms with Gasteiger partial charge < -0.3 is 10.0 Å². The van der Waals surface area contributed by atoms with Crippen LogP contribution in [0.25, 0.3) is 11.1 Å². The van der Waals surface area contributed by atoms with E-state index >= 15 is 0 Å². The van der Waals surface area contributed by atoms with Crippen LogP contribution in [0.3, 0.4) is 0 Å². The van der Waals surface area contributed by atoms with E-state index in [1.807, 2.05) is 54.6 Å². The molecule has 4 rings (SSSR count). The molecule has 0 bridgehead atoms. The van der Waals surface area contributed by atoms with Crippen LogP contribution in [0.5, 0.6) is 5.75 Å². The zero-order valence-corrected chi connectivity index (χ0v) is 17.0. The molecule has 0 radical (unpaired) electrons. The van der Waals surface area contributed by atoms with Crippen molar-refractivity contribution in [3.8, 4) is 16.9 Å². The van der Waals surface area contributed by atoms with Crippen LogP contribution >= 0.6 is 0 Å². The highest BCUT2D eigenvalue weighted by Gasteiger charge is 2.29. The summed E-state index contributed by atoms with van der Waals surface area (Å²) in [7, 11) is 0. The molecular weight excluding hydrogens is 374 g/mol. The number of phenols is 1. The van der Waals surface area contributed by atoms with Crippen LogP contribution in [-0.4, -0.2) is 34.8 Å². The number of aryl methyl sites for hydroxylation is 1. The number of piperidine rings is 1. The Morgan fingerprint density at radius 2 is 1.57 bits per heavy atom. The molecule has 0 aromatic heterocycles. The molecule has 1 saturated heterocycles. The highest BCUT2D eigenvalue weighted by molar-refractivity contribution is 5.99. The van der Waals surface area contributed by atoms with E-state index in [1.165, 1.54) is 6.07 Å². The largest absolute Gasteiger partial charge is 0.508 e. The predicted octanol–water partition coefficient (Wildman–Crippen LogP) is 5.10. The van der Waals surface area contributed by atoms with E-state index in [4.69, 9.17) is 0 Å². The maximum atomic E-state index is 13.1. The van der Waals surface area contributed by atoms with Crippen LogP contribution < -0.4 is 0 Å². The first-order valence-electron chi connectivity index (χ1n) is 10.3. The summed E-state index contributed by atoms with van der Waals surface area (Å²) in [6.45, 7) is 2.83. The Morgan fingerprint density at radius 1 is 0.900 bits per heavy atom. The van der Waals surface area contributed by atoms with Gasteiger partial charge in [-0.15, -0.1) is 0 Å². The zero-order valence-electron chi connectivity index (χ0n) is 17.0. The Balaban J connectivity index is 1.47. The van der Waals surface area contributed by atoms with E-state index in [1.54, 1.807) is 24.0 Å². The monoisotopic (exact) mass is 399 g/mol. The third-order valence-corrected chi connectivity index (χ3v) is 5.81. The van der Waals surface area contributed by atoms with Gasteiger partial charge in [-0.1, -0.05) is 60.7 Å². The molecule has 4 heteroatoms. The van der Waals surface area contributed by atoms with Crippen LogP contribution in [0, 0.1) is 12.8 Å². The second-order valence-electron chi connectivity index (χ2n) is 7.90. The standard InChI is InChI=1S/C26H25NO3/c1-18-9-10-22(16-24(18)28)26(30)27-15-5-8-23(17-27)25(29)21-13-11-20(12-14-21)19-6-3-2-4-7-19/h2-4,6-7,9-14,16,23,28H,5,8,15,17H2,1H3. The van der Waals surface area contributed by atoms with Gasteiger partial charge in [0.1, 0.15) is 5.75 Å². The molecule has 0 aliphatic carbocycles. The van der Waals surface area contributed by atoms with Crippen molar-refractivity contribution in [1.82, 2.24) is 4.90 Å². The lowest BCUT2D eigenvalue weighted by Crippen LogP contribution is -2.42. The van der Waals surface area contributed by atoms with Crippen molar-refractivity contribution in [2.45, 2.75) is 19.8 Å². The van der Waals surface area contributed by atoms with Crippen molar-refractivity contribution in [3.63, 3.8) is 0 Å². The summed E-state index contributed by atoms with van der Waals surface area (Å²) in [6, 6.07) is 22.7. The molecule has 3 aromatic carbocycles. The van der Waals surface area contributed by atoms with E-state index in [2.05, 4.69) is 0 Å². The van der Waals surface area contributed by atoms with E-state index in [0.717, 1.165) is 29.5 Å². The van der Waals surface area contributed by atoms with Gasteiger partial charge in [-0.2, -0.15) is 0 Å². The Morgan fingerprint density at radius 3 is 2.27 bits per heavy atom. The molecule has 1 N–H and O–H groups in total. The number of carbonyl (C=O) groups excluding carboxylic acids is 2.